The van der Waals surface area contributed by atoms with Gasteiger partial charge in [-0.3, -0.25) is 0 Å². The van der Waals surface area contributed by atoms with Crippen LogP contribution in [-0.2, 0) is 12.8 Å². The number of nitrogens with zero attached hydrogens (tertiary/aromatic N) is 2. The van der Waals surface area contributed by atoms with Crippen LogP contribution < -0.4 is 11.1 Å². The molecule has 0 amide bonds. The van der Waals surface area contributed by atoms with Gasteiger partial charge in [0.1, 0.15) is 4.99 Å². The number of aryl methyl sites for hydroxylation is 1. The molecular formula is C16H26N4S. The Hall–Kier alpha value is -1.23. The van der Waals surface area contributed by atoms with Gasteiger partial charge in [-0.05, 0) is 42.6 Å². The molecule has 1 heterocycles. The van der Waals surface area contributed by atoms with Crippen molar-refractivity contribution in [2.45, 2.75) is 53.4 Å². The van der Waals surface area contributed by atoms with Gasteiger partial charge in [0, 0.05) is 6.54 Å². The molecule has 21 heavy (non-hydrogen) atoms. The Morgan fingerprint density at radius 1 is 1.29 bits per heavy atom. The number of hydrogen-bond donors (Lipinski definition) is 2. The van der Waals surface area contributed by atoms with Crippen LogP contribution in [0.4, 0.5) is 5.82 Å². The molecule has 1 aliphatic carbocycles. The fraction of sp³-hybridized carbons (Fsp3) is 0.688. The van der Waals surface area contributed by atoms with Gasteiger partial charge in [0.2, 0.25) is 0 Å². The first kappa shape index (κ1) is 16.1. The quantitative estimate of drug-likeness (QED) is 0.758. The summed E-state index contributed by atoms with van der Waals surface area (Å²) in [4.78, 5) is 0.411. The highest BCUT2D eigenvalue weighted by molar-refractivity contribution is 7.80. The Morgan fingerprint density at radius 2 is 1.95 bits per heavy atom. The molecule has 0 atom stereocenters. The fourth-order valence-electron chi connectivity index (χ4n) is 2.94. The predicted octanol–water partition coefficient (Wildman–Crippen LogP) is 3.08. The van der Waals surface area contributed by atoms with Crippen LogP contribution >= 0.6 is 12.2 Å². The van der Waals surface area contributed by atoms with Gasteiger partial charge in [-0.15, -0.1) is 5.10 Å². The Bertz CT molecular complexity index is 535. The van der Waals surface area contributed by atoms with Gasteiger partial charge in [0.05, 0.1) is 11.3 Å². The standard InChI is InChI=1S/C16H26N4S/c1-5-11-12(6-2)19-20-15(13(11)14(17)21)18-9-16(7-8-16)10(3)4/h10H,5-9H2,1-4H3,(H2,17,21)(H,18,20). The summed E-state index contributed by atoms with van der Waals surface area (Å²) < 4.78 is 0. The molecule has 4 nitrogen and oxygen atoms in total. The highest BCUT2D eigenvalue weighted by Crippen LogP contribution is 2.51. The molecule has 1 aromatic heterocycles. The number of nitrogens with two attached hydrogens (primary N) is 1. The first-order valence-corrected chi connectivity index (χ1v) is 8.28. The van der Waals surface area contributed by atoms with Crippen LogP contribution in [0.5, 0.6) is 0 Å². The molecule has 0 bridgehead atoms. The van der Waals surface area contributed by atoms with E-state index in [1.807, 2.05) is 0 Å². The lowest BCUT2D eigenvalue weighted by Crippen LogP contribution is -2.25. The van der Waals surface area contributed by atoms with Gasteiger partial charge in [-0.2, -0.15) is 5.10 Å². The van der Waals surface area contributed by atoms with E-state index in [0.29, 0.717) is 16.3 Å². The Morgan fingerprint density at radius 3 is 2.38 bits per heavy atom. The lowest BCUT2D eigenvalue weighted by Gasteiger charge is -2.22. The van der Waals surface area contributed by atoms with Crippen molar-refractivity contribution < 1.29 is 0 Å². The molecule has 2 rings (SSSR count). The predicted molar refractivity (Wildman–Crippen MR) is 91.7 cm³/mol. The maximum Gasteiger partial charge on any atom is 0.159 e. The highest BCUT2D eigenvalue weighted by Gasteiger charge is 2.45. The largest absolute Gasteiger partial charge is 0.389 e. The van der Waals surface area contributed by atoms with Gasteiger partial charge in [-0.25, -0.2) is 0 Å². The van der Waals surface area contributed by atoms with Crippen LogP contribution in [0.2, 0.25) is 0 Å². The molecule has 0 radical (unpaired) electrons. The SMILES string of the molecule is CCc1nnc(NCC2(C(C)C)CC2)c(C(N)=S)c1CC. The summed E-state index contributed by atoms with van der Waals surface area (Å²) in [5.74, 6) is 1.43. The summed E-state index contributed by atoms with van der Waals surface area (Å²) in [6, 6.07) is 0. The zero-order valence-corrected chi connectivity index (χ0v) is 14.3. The second-order valence-electron chi connectivity index (χ2n) is 6.29. The maximum absolute atomic E-state index is 5.95. The van der Waals surface area contributed by atoms with E-state index in [2.05, 4.69) is 43.2 Å². The van der Waals surface area contributed by atoms with Crippen molar-refractivity contribution >= 4 is 23.0 Å². The summed E-state index contributed by atoms with van der Waals surface area (Å²) in [5, 5.41) is 12.2. The smallest absolute Gasteiger partial charge is 0.159 e. The van der Waals surface area contributed by atoms with Crippen molar-refractivity contribution in [1.29, 1.82) is 0 Å². The molecule has 0 saturated heterocycles. The van der Waals surface area contributed by atoms with Gasteiger partial charge in [-0.1, -0.05) is 39.9 Å². The van der Waals surface area contributed by atoms with Crippen LogP contribution in [0, 0.1) is 11.3 Å². The Kier molecular flexibility index (Phi) is 4.81. The zero-order valence-electron chi connectivity index (χ0n) is 13.5. The third kappa shape index (κ3) is 3.18. The van der Waals surface area contributed by atoms with E-state index in [-0.39, 0.29) is 0 Å². The molecule has 0 aliphatic heterocycles. The molecular weight excluding hydrogens is 280 g/mol. The zero-order chi connectivity index (χ0) is 15.6. The molecule has 1 saturated carbocycles. The van der Waals surface area contributed by atoms with Crippen molar-refractivity contribution in [1.82, 2.24) is 10.2 Å². The van der Waals surface area contributed by atoms with E-state index >= 15 is 0 Å². The van der Waals surface area contributed by atoms with Crippen LogP contribution in [0.15, 0.2) is 0 Å². The molecule has 116 valence electrons. The molecule has 1 aromatic rings. The number of aromatic nitrogens is 2. The lowest BCUT2D eigenvalue weighted by molar-refractivity contribution is 0.379. The molecule has 0 unspecified atom stereocenters. The molecule has 0 aromatic carbocycles. The second-order valence-corrected chi connectivity index (χ2v) is 6.73. The summed E-state index contributed by atoms with van der Waals surface area (Å²) in [6.45, 7) is 9.68. The second kappa shape index (κ2) is 6.26. The third-order valence-corrected chi connectivity index (χ3v) is 5.02. The van der Waals surface area contributed by atoms with Crippen LogP contribution in [-0.4, -0.2) is 21.7 Å². The number of rotatable bonds is 7. The molecule has 3 N–H and O–H groups in total. The van der Waals surface area contributed by atoms with E-state index in [1.54, 1.807) is 0 Å². The van der Waals surface area contributed by atoms with E-state index in [1.165, 1.54) is 12.8 Å². The highest BCUT2D eigenvalue weighted by atomic mass is 32.1. The normalized spacial score (nSPS) is 16.0. The van der Waals surface area contributed by atoms with Gasteiger partial charge in [0.15, 0.2) is 5.82 Å². The van der Waals surface area contributed by atoms with Crippen LogP contribution in [0.1, 0.15) is 57.4 Å². The van der Waals surface area contributed by atoms with E-state index < -0.39 is 0 Å². The van der Waals surface area contributed by atoms with Crippen molar-refractivity contribution in [3.05, 3.63) is 16.8 Å². The van der Waals surface area contributed by atoms with Crippen LogP contribution in [0.25, 0.3) is 0 Å². The van der Waals surface area contributed by atoms with Crippen molar-refractivity contribution in [2.24, 2.45) is 17.1 Å². The number of nitrogens with one attached hydrogen (secondary N) is 1. The van der Waals surface area contributed by atoms with Gasteiger partial charge >= 0.3 is 0 Å². The number of hydrogen-bond acceptors (Lipinski definition) is 4. The fourth-order valence-corrected chi connectivity index (χ4v) is 3.16. The average molecular weight is 306 g/mol. The van der Waals surface area contributed by atoms with Gasteiger partial charge in [0.25, 0.3) is 0 Å². The average Bonchev–Trinajstić information content (AvgIpc) is 3.24. The number of thiocarbonyl (C=S) groups is 1. The van der Waals surface area contributed by atoms with Crippen molar-refractivity contribution in [3.8, 4) is 0 Å². The topological polar surface area (TPSA) is 63.8 Å². The minimum Gasteiger partial charge on any atom is -0.389 e. The minimum absolute atomic E-state index is 0.408. The van der Waals surface area contributed by atoms with E-state index in [9.17, 15) is 0 Å². The van der Waals surface area contributed by atoms with Crippen LogP contribution in [0.3, 0.4) is 0 Å². The lowest BCUT2D eigenvalue weighted by atomic mass is 9.92. The molecule has 5 heteroatoms. The first-order valence-electron chi connectivity index (χ1n) is 7.87. The van der Waals surface area contributed by atoms with Crippen molar-refractivity contribution in [2.75, 3.05) is 11.9 Å². The van der Waals surface area contributed by atoms with E-state index in [4.69, 9.17) is 18.0 Å². The Labute approximate surface area is 132 Å². The Balaban J connectivity index is 2.29. The van der Waals surface area contributed by atoms with Crippen molar-refractivity contribution in [3.63, 3.8) is 0 Å². The van der Waals surface area contributed by atoms with E-state index in [0.717, 1.165) is 42.0 Å². The monoisotopic (exact) mass is 306 g/mol. The summed E-state index contributed by atoms with van der Waals surface area (Å²) >= 11 is 5.26. The maximum atomic E-state index is 5.95. The molecule has 0 spiro atoms. The van der Waals surface area contributed by atoms with Gasteiger partial charge < -0.3 is 11.1 Å². The minimum atomic E-state index is 0.408. The first-order chi connectivity index (χ1) is 9.95. The third-order valence-electron chi connectivity index (χ3n) is 4.82. The summed E-state index contributed by atoms with van der Waals surface area (Å²) in [6.07, 6.45) is 4.28. The molecule has 1 fully saturated rings. The molecule has 1 aliphatic rings. The number of anilines is 1. The summed E-state index contributed by atoms with van der Waals surface area (Å²) in [7, 11) is 0. The summed E-state index contributed by atoms with van der Waals surface area (Å²) in [5.41, 5.74) is 9.38.